The Balaban J connectivity index is 1.64. The molecular formula is C20H22N2O2S. The molecule has 2 N–H and O–H groups in total. The summed E-state index contributed by atoms with van der Waals surface area (Å²) in [5.74, 6) is -0.207. The summed E-state index contributed by atoms with van der Waals surface area (Å²) in [4.78, 5) is 25.7. The molecule has 2 atom stereocenters. The first-order valence-corrected chi connectivity index (χ1v) is 9.37. The predicted octanol–water partition coefficient (Wildman–Crippen LogP) is 4.07. The Bertz CT molecular complexity index is 774. The summed E-state index contributed by atoms with van der Waals surface area (Å²) in [5, 5.41) is 5.55. The zero-order valence-corrected chi connectivity index (χ0v) is 15.2. The van der Waals surface area contributed by atoms with Crippen molar-refractivity contribution in [1.82, 2.24) is 5.32 Å². The molecular weight excluding hydrogens is 332 g/mol. The highest BCUT2D eigenvalue weighted by atomic mass is 32.2. The standard InChI is InChI=1S/C20H22N2O2S/c1-3-15(14-10-8-13(2)9-11-14)21-19(23)12-18-20(24)22-16-6-4-5-7-17(16)25-18/h4-11,15,18H,3,12H2,1-2H3,(H,21,23)(H,22,24)/t15-,18-/m0/s1. The average molecular weight is 354 g/mol. The molecule has 2 amide bonds. The molecule has 0 bridgehead atoms. The maximum atomic E-state index is 12.5. The second-order valence-electron chi connectivity index (χ2n) is 6.24. The minimum atomic E-state index is -0.398. The third-order valence-corrected chi connectivity index (χ3v) is 5.58. The van der Waals surface area contributed by atoms with Crippen LogP contribution in [0.5, 0.6) is 0 Å². The molecule has 2 aromatic rings. The Morgan fingerprint density at radius 3 is 2.64 bits per heavy atom. The van der Waals surface area contributed by atoms with E-state index >= 15 is 0 Å². The number of benzene rings is 2. The van der Waals surface area contributed by atoms with Gasteiger partial charge in [-0.05, 0) is 31.0 Å². The number of amides is 2. The molecule has 0 aliphatic carbocycles. The minimum Gasteiger partial charge on any atom is -0.349 e. The van der Waals surface area contributed by atoms with Gasteiger partial charge >= 0.3 is 0 Å². The number of hydrogen-bond donors (Lipinski definition) is 2. The van der Waals surface area contributed by atoms with Crippen molar-refractivity contribution in [3.8, 4) is 0 Å². The van der Waals surface area contributed by atoms with Crippen molar-refractivity contribution in [2.24, 2.45) is 0 Å². The summed E-state index contributed by atoms with van der Waals surface area (Å²) < 4.78 is 0. The molecule has 0 saturated heterocycles. The Morgan fingerprint density at radius 1 is 1.20 bits per heavy atom. The van der Waals surface area contributed by atoms with E-state index in [0.717, 1.165) is 22.6 Å². The van der Waals surface area contributed by atoms with Crippen molar-refractivity contribution in [1.29, 1.82) is 0 Å². The lowest BCUT2D eigenvalue weighted by atomic mass is 10.0. The fraction of sp³-hybridized carbons (Fsp3) is 0.300. The highest BCUT2D eigenvalue weighted by Gasteiger charge is 2.29. The molecule has 3 rings (SSSR count). The van der Waals surface area contributed by atoms with Gasteiger partial charge in [-0.25, -0.2) is 0 Å². The lowest BCUT2D eigenvalue weighted by Crippen LogP contribution is -2.36. The lowest BCUT2D eigenvalue weighted by molar-refractivity contribution is -0.124. The number of carbonyl (C=O) groups is 2. The van der Waals surface area contributed by atoms with Crippen LogP contribution >= 0.6 is 11.8 Å². The van der Waals surface area contributed by atoms with Crippen LogP contribution in [0, 0.1) is 6.92 Å². The van der Waals surface area contributed by atoms with Gasteiger partial charge in [-0.3, -0.25) is 9.59 Å². The summed E-state index contributed by atoms with van der Waals surface area (Å²) in [6.07, 6.45) is 0.981. The fourth-order valence-electron chi connectivity index (χ4n) is 2.87. The molecule has 5 heteroatoms. The molecule has 0 unspecified atom stereocenters. The van der Waals surface area contributed by atoms with Gasteiger partial charge in [0.25, 0.3) is 0 Å². The molecule has 130 valence electrons. The van der Waals surface area contributed by atoms with E-state index < -0.39 is 5.25 Å². The Hall–Kier alpha value is -2.27. The van der Waals surface area contributed by atoms with E-state index in [-0.39, 0.29) is 24.3 Å². The largest absolute Gasteiger partial charge is 0.349 e. The van der Waals surface area contributed by atoms with E-state index in [4.69, 9.17) is 0 Å². The van der Waals surface area contributed by atoms with Crippen LogP contribution in [0.3, 0.4) is 0 Å². The van der Waals surface area contributed by atoms with Gasteiger partial charge in [0.05, 0.1) is 17.0 Å². The van der Waals surface area contributed by atoms with Crippen LogP contribution in [0.15, 0.2) is 53.4 Å². The molecule has 4 nitrogen and oxygen atoms in total. The van der Waals surface area contributed by atoms with Gasteiger partial charge < -0.3 is 10.6 Å². The first-order valence-electron chi connectivity index (χ1n) is 8.49. The fourth-order valence-corrected chi connectivity index (χ4v) is 3.98. The normalized spacial score (nSPS) is 17.4. The molecule has 0 fully saturated rings. The zero-order chi connectivity index (χ0) is 17.8. The van der Waals surface area contributed by atoms with Gasteiger partial charge in [-0.15, -0.1) is 11.8 Å². The molecule has 25 heavy (non-hydrogen) atoms. The Kier molecular flexibility index (Phi) is 5.43. The van der Waals surface area contributed by atoms with Crippen LogP contribution in [-0.2, 0) is 9.59 Å². The third kappa shape index (κ3) is 4.23. The monoisotopic (exact) mass is 354 g/mol. The van der Waals surface area contributed by atoms with Crippen molar-refractivity contribution in [2.45, 2.75) is 42.9 Å². The number of anilines is 1. The van der Waals surface area contributed by atoms with Gasteiger partial charge in [0.2, 0.25) is 11.8 Å². The average Bonchev–Trinajstić information content (AvgIpc) is 2.61. The SMILES string of the molecule is CC[C@H](NC(=O)C[C@@H]1Sc2ccccc2NC1=O)c1ccc(C)cc1. The van der Waals surface area contributed by atoms with Gasteiger partial charge in [-0.2, -0.15) is 0 Å². The van der Waals surface area contributed by atoms with Crippen molar-refractivity contribution in [2.75, 3.05) is 5.32 Å². The molecule has 0 radical (unpaired) electrons. The maximum absolute atomic E-state index is 12.5. The van der Waals surface area contributed by atoms with Gasteiger partial charge in [0.1, 0.15) is 0 Å². The van der Waals surface area contributed by atoms with Gasteiger partial charge in [0.15, 0.2) is 0 Å². The number of rotatable bonds is 5. The van der Waals surface area contributed by atoms with Gasteiger partial charge in [-0.1, -0.05) is 48.9 Å². The molecule has 0 saturated carbocycles. The molecule has 1 aliphatic rings. The number of para-hydroxylation sites is 1. The molecule has 0 spiro atoms. The summed E-state index contributed by atoms with van der Waals surface area (Å²) in [6, 6.07) is 15.8. The highest BCUT2D eigenvalue weighted by molar-refractivity contribution is 8.01. The smallest absolute Gasteiger partial charge is 0.238 e. The highest BCUT2D eigenvalue weighted by Crippen LogP contribution is 2.36. The van der Waals surface area contributed by atoms with Crippen LogP contribution in [0.25, 0.3) is 0 Å². The summed E-state index contributed by atoms with van der Waals surface area (Å²) in [6.45, 7) is 4.09. The molecule has 1 heterocycles. The maximum Gasteiger partial charge on any atom is 0.238 e. The van der Waals surface area contributed by atoms with Crippen molar-refractivity contribution in [3.63, 3.8) is 0 Å². The lowest BCUT2D eigenvalue weighted by Gasteiger charge is -2.24. The predicted molar refractivity (Wildman–Crippen MR) is 102 cm³/mol. The number of hydrogen-bond acceptors (Lipinski definition) is 3. The summed E-state index contributed by atoms with van der Waals surface area (Å²) in [7, 11) is 0. The molecule has 0 aromatic heterocycles. The second kappa shape index (κ2) is 7.74. The van der Waals surface area contributed by atoms with E-state index in [0.29, 0.717) is 0 Å². The van der Waals surface area contributed by atoms with E-state index in [2.05, 4.69) is 10.6 Å². The quantitative estimate of drug-likeness (QED) is 0.851. The van der Waals surface area contributed by atoms with Crippen LogP contribution in [0.2, 0.25) is 0 Å². The summed E-state index contributed by atoms with van der Waals surface area (Å²) >= 11 is 1.45. The van der Waals surface area contributed by atoms with Crippen molar-refractivity contribution < 1.29 is 9.59 Å². The van der Waals surface area contributed by atoms with Crippen LogP contribution in [0.4, 0.5) is 5.69 Å². The number of nitrogens with one attached hydrogen (secondary N) is 2. The van der Waals surface area contributed by atoms with E-state index in [1.807, 2.05) is 62.4 Å². The number of carbonyl (C=O) groups excluding carboxylic acids is 2. The molecule has 2 aromatic carbocycles. The van der Waals surface area contributed by atoms with Crippen LogP contribution in [0.1, 0.15) is 36.9 Å². The third-order valence-electron chi connectivity index (χ3n) is 4.30. The van der Waals surface area contributed by atoms with E-state index in [1.165, 1.54) is 17.3 Å². The number of aryl methyl sites for hydroxylation is 1. The minimum absolute atomic E-state index is 0.0305. The second-order valence-corrected chi connectivity index (χ2v) is 7.48. The van der Waals surface area contributed by atoms with Crippen molar-refractivity contribution >= 4 is 29.3 Å². The Labute approximate surface area is 152 Å². The number of thioether (sulfide) groups is 1. The van der Waals surface area contributed by atoms with Crippen molar-refractivity contribution in [3.05, 3.63) is 59.7 Å². The molecule has 1 aliphatic heterocycles. The van der Waals surface area contributed by atoms with E-state index in [9.17, 15) is 9.59 Å². The number of fused-ring (bicyclic) bond motifs is 1. The van der Waals surface area contributed by atoms with E-state index in [1.54, 1.807) is 0 Å². The Morgan fingerprint density at radius 2 is 1.92 bits per heavy atom. The topological polar surface area (TPSA) is 58.2 Å². The summed E-state index contributed by atoms with van der Waals surface area (Å²) in [5.41, 5.74) is 3.10. The van der Waals surface area contributed by atoms with Gasteiger partial charge in [0, 0.05) is 11.3 Å². The first-order chi connectivity index (χ1) is 12.1. The zero-order valence-electron chi connectivity index (χ0n) is 14.4. The first kappa shape index (κ1) is 17.5. The van der Waals surface area contributed by atoms with Crippen LogP contribution in [-0.4, -0.2) is 17.1 Å². The van der Waals surface area contributed by atoms with Crippen LogP contribution < -0.4 is 10.6 Å².